The smallest absolute Gasteiger partial charge is 0.234 e. The van der Waals surface area contributed by atoms with Gasteiger partial charge in [0, 0.05) is 13.0 Å². The molecule has 8 heteroatoms. The highest BCUT2D eigenvalue weighted by Crippen LogP contribution is 2.28. The van der Waals surface area contributed by atoms with Gasteiger partial charge in [-0.25, -0.2) is 0 Å². The van der Waals surface area contributed by atoms with Crippen molar-refractivity contribution in [2.24, 2.45) is 7.05 Å². The van der Waals surface area contributed by atoms with E-state index in [2.05, 4.69) is 25.0 Å². The molecule has 0 saturated carbocycles. The third-order valence-electron chi connectivity index (χ3n) is 4.41. The highest BCUT2D eigenvalue weighted by atomic mass is 32.2. The minimum Gasteiger partial charge on any atom is -0.467 e. The molecule has 2 aromatic heterocycles. The summed E-state index contributed by atoms with van der Waals surface area (Å²) in [6, 6.07) is 3.68. The van der Waals surface area contributed by atoms with E-state index in [1.54, 1.807) is 18.0 Å². The van der Waals surface area contributed by atoms with Gasteiger partial charge in [0.25, 0.3) is 0 Å². The fraction of sp³-hybridized carbons (Fsp3) is 0.562. The summed E-state index contributed by atoms with van der Waals surface area (Å²) in [5, 5.41) is 12.4. The van der Waals surface area contributed by atoms with Crippen LogP contribution >= 0.6 is 11.8 Å². The number of rotatable bonds is 6. The SMILES string of the molecule is CSc1nnc(C2CCN(CC(=O)NCc3ccco3)CC2)n1C. The van der Waals surface area contributed by atoms with Crippen LogP contribution in [0.3, 0.4) is 0 Å². The number of nitrogens with one attached hydrogen (secondary N) is 1. The fourth-order valence-electron chi connectivity index (χ4n) is 3.07. The van der Waals surface area contributed by atoms with Gasteiger partial charge in [0.2, 0.25) is 5.91 Å². The Morgan fingerprint density at radius 2 is 2.21 bits per heavy atom. The second kappa shape index (κ2) is 7.85. The molecule has 0 bridgehead atoms. The van der Waals surface area contributed by atoms with Crippen molar-refractivity contribution in [1.29, 1.82) is 0 Å². The first-order valence-corrected chi connectivity index (χ1v) is 9.34. The van der Waals surface area contributed by atoms with Crippen molar-refractivity contribution >= 4 is 17.7 Å². The summed E-state index contributed by atoms with van der Waals surface area (Å²) in [6.07, 6.45) is 5.64. The van der Waals surface area contributed by atoms with Gasteiger partial charge in [0.15, 0.2) is 5.16 Å². The Morgan fingerprint density at radius 3 is 2.83 bits per heavy atom. The molecule has 0 unspecified atom stereocenters. The van der Waals surface area contributed by atoms with E-state index in [0.717, 1.165) is 42.7 Å². The van der Waals surface area contributed by atoms with Crippen molar-refractivity contribution < 1.29 is 9.21 Å². The monoisotopic (exact) mass is 349 g/mol. The van der Waals surface area contributed by atoms with E-state index in [9.17, 15) is 4.79 Å². The van der Waals surface area contributed by atoms with Crippen LogP contribution in [0.4, 0.5) is 0 Å². The summed E-state index contributed by atoms with van der Waals surface area (Å²) >= 11 is 1.61. The van der Waals surface area contributed by atoms with E-state index in [4.69, 9.17) is 4.42 Å². The molecule has 3 heterocycles. The number of furan rings is 1. The molecule has 24 heavy (non-hydrogen) atoms. The molecule has 1 aliphatic rings. The van der Waals surface area contributed by atoms with Gasteiger partial charge in [-0.2, -0.15) is 0 Å². The van der Waals surface area contributed by atoms with Crippen molar-refractivity contribution in [3.8, 4) is 0 Å². The van der Waals surface area contributed by atoms with E-state index in [1.807, 2.05) is 25.4 Å². The van der Waals surface area contributed by atoms with Gasteiger partial charge in [-0.15, -0.1) is 10.2 Å². The fourth-order valence-corrected chi connectivity index (χ4v) is 3.56. The van der Waals surface area contributed by atoms with E-state index >= 15 is 0 Å². The van der Waals surface area contributed by atoms with Crippen LogP contribution in [0, 0.1) is 0 Å². The zero-order valence-corrected chi connectivity index (χ0v) is 14.9. The topological polar surface area (TPSA) is 76.2 Å². The van der Waals surface area contributed by atoms with Gasteiger partial charge in [-0.1, -0.05) is 11.8 Å². The molecule has 3 rings (SSSR count). The van der Waals surface area contributed by atoms with Gasteiger partial charge in [-0.3, -0.25) is 9.69 Å². The molecule has 0 aliphatic carbocycles. The molecule has 0 aromatic carbocycles. The predicted octanol–water partition coefficient (Wildman–Crippen LogP) is 1.63. The molecule has 1 saturated heterocycles. The number of likely N-dealkylation sites (tertiary alicyclic amines) is 1. The van der Waals surface area contributed by atoms with E-state index in [1.165, 1.54) is 0 Å². The average molecular weight is 349 g/mol. The molecular formula is C16H23N5O2S. The lowest BCUT2D eigenvalue weighted by Gasteiger charge is -2.30. The van der Waals surface area contributed by atoms with Gasteiger partial charge in [0.05, 0.1) is 19.4 Å². The van der Waals surface area contributed by atoms with Crippen LogP contribution in [0.1, 0.15) is 30.3 Å². The number of hydrogen-bond donors (Lipinski definition) is 1. The van der Waals surface area contributed by atoms with E-state index in [-0.39, 0.29) is 5.91 Å². The Balaban J connectivity index is 1.44. The molecule has 130 valence electrons. The highest BCUT2D eigenvalue weighted by molar-refractivity contribution is 7.98. The zero-order valence-electron chi connectivity index (χ0n) is 14.1. The molecule has 7 nitrogen and oxygen atoms in total. The lowest BCUT2D eigenvalue weighted by atomic mass is 9.96. The van der Waals surface area contributed by atoms with Crippen molar-refractivity contribution in [2.45, 2.75) is 30.5 Å². The van der Waals surface area contributed by atoms with Crippen LogP contribution < -0.4 is 5.32 Å². The zero-order chi connectivity index (χ0) is 16.9. The minimum absolute atomic E-state index is 0.0353. The van der Waals surface area contributed by atoms with Crippen molar-refractivity contribution in [3.63, 3.8) is 0 Å². The summed E-state index contributed by atoms with van der Waals surface area (Å²) in [7, 11) is 2.02. The Labute approximate surface area is 145 Å². The Hall–Kier alpha value is -1.80. The normalized spacial score (nSPS) is 16.4. The van der Waals surface area contributed by atoms with Crippen LogP contribution in [-0.4, -0.2) is 51.5 Å². The maximum atomic E-state index is 12.0. The first kappa shape index (κ1) is 17.0. The standard InChI is InChI=1S/C16H23N5O2S/c1-20-15(18-19-16(20)24-2)12-5-7-21(8-6-12)11-14(22)17-10-13-4-3-9-23-13/h3-4,9,12H,5-8,10-11H2,1-2H3,(H,17,22). The van der Waals surface area contributed by atoms with Crippen LogP contribution in [0.25, 0.3) is 0 Å². The molecule has 0 radical (unpaired) electrons. The molecule has 1 aliphatic heterocycles. The van der Waals surface area contributed by atoms with Crippen LogP contribution in [0.15, 0.2) is 28.0 Å². The summed E-state index contributed by atoms with van der Waals surface area (Å²) in [5.74, 6) is 2.29. The average Bonchev–Trinajstić information content (AvgIpc) is 3.23. The molecule has 1 N–H and O–H groups in total. The van der Waals surface area contributed by atoms with Crippen molar-refractivity contribution in [1.82, 2.24) is 25.0 Å². The van der Waals surface area contributed by atoms with Crippen LogP contribution in [0.2, 0.25) is 0 Å². The number of thioether (sulfide) groups is 1. The largest absolute Gasteiger partial charge is 0.467 e. The van der Waals surface area contributed by atoms with Crippen molar-refractivity contribution in [2.75, 3.05) is 25.9 Å². The Morgan fingerprint density at radius 1 is 1.42 bits per heavy atom. The highest BCUT2D eigenvalue weighted by Gasteiger charge is 2.25. The predicted molar refractivity (Wildman–Crippen MR) is 91.8 cm³/mol. The van der Waals surface area contributed by atoms with Gasteiger partial charge >= 0.3 is 0 Å². The van der Waals surface area contributed by atoms with Crippen LogP contribution in [0.5, 0.6) is 0 Å². The number of piperidine rings is 1. The first-order valence-electron chi connectivity index (χ1n) is 8.12. The van der Waals surface area contributed by atoms with E-state index in [0.29, 0.717) is 19.0 Å². The lowest BCUT2D eigenvalue weighted by Crippen LogP contribution is -2.41. The summed E-state index contributed by atoms with van der Waals surface area (Å²) in [6.45, 7) is 2.68. The Kier molecular flexibility index (Phi) is 5.57. The number of amides is 1. The molecule has 1 fully saturated rings. The minimum atomic E-state index is 0.0353. The third-order valence-corrected chi connectivity index (χ3v) is 5.13. The summed E-state index contributed by atoms with van der Waals surface area (Å²) in [4.78, 5) is 14.2. The number of nitrogens with zero attached hydrogens (tertiary/aromatic N) is 4. The number of hydrogen-bond acceptors (Lipinski definition) is 6. The van der Waals surface area contributed by atoms with Crippen molar-refractivity contribution in [3.05, 3.63) is 30.0 Å². The van der Waals surface area contributed by atoms with E-state index < -0.39 is 0 Å². The summed E-state index contributed by atoms with van der Waals surface area (Å²) < 4.78 is 7.30. The maximum absolute atomic E-state index is 12.0. The second-order valence-corrected chi connectivity index (χ2v) is 6.78. The first-order chi connectivity index (χ1) is 11.7. The van der Waals surface area contributed by atoms with Crippen LogP contribution in [-0.2, 0) is 18.4 Å². The second-order valence-electron chi connectivity index (χ2n) is 6.01. The Bertz CT molecular complexity index is 662. The van der Waals surface area contributed by atoms with Gasteiger partial charge in [-0.05, 0) is 44.3 Å². The summed E-state index contributed by atoms with van der Waals surface area (Å²) in [5.41, 5.74) is 0. The molecule has 0 spiro atoms. The van der Waals surface area contributed by atoms with Gasteiger partial charge in [0.1, 0.15) is 11.6 Å². The lowest BCUT2D eigenvalue weighted by molar-refractivity contribution is -0.122. The molecule has 1 amide bonds. The number of aromatic nitrogens is 3. The van der Waals surface area contributed by atoms with Gasteiger partial charge < -0.3 is 14.3 Å². The quantitative estimate of drug-likeness (QED) is 0.799. The third kappa shape index (κ3) is 3.99. The number of carbonyl (C=O) groups excluding carboxylic acids is 1. The maximum Gasteiger partial charge on any atom is 0.234 e. The number of carbonyl (C=O) groups is 1. The molecule has 0 atom stereocenters. The molecule has 2 aromatic rings. The molecular weight excluding hydrogens is 326 g/mol.